The van der Waals surface area contributed by atoms with Gasteiger partial charge in [-0.15, -0.1) is 0 Å². The van der Waals surface area contributed by atoms with Crippen LogP contribution in [0.15, 0.2) is 28.8 Å². The number of methoxy groups -OCH3 is 1. The molecule has 0 atom stereocenters. The summed E-state index contributed by atoms with van der Waals surface area (Å²) in [5.41, 5.74) is 6.15. The Morgan fingerprint density at radius 3 is 2.50 bits per heavy atom. The van der Waals surface area contributed by atoms with Gasteiger partial charge in [-0.2, -0.15) is 4.98 Å². The van der Waals surface area contributed by atoms with Crippen LogP contribution in [-0.2, 0) is 0 Å². The Morgan fingerprint density at radius 2 is 2.00 bits per heavy atom. The molecule has 72 valence electrons. The number of nitrogens with two attached hydrogens (primary N) is 1. The van der Waals surface area contributed by atoms with Crippen molar-refractivity contribution in [3.8, 4) is 17.1 Å². The van der Waals surface area contributed by atoms with E-state index in [1.165, 1.54) is 0 Å². The van der Waals surface area contributed by atoms with E-state index < -0.39 is 0 Å². The minimum Gasteiger partial charge on any atom is -0.497 e. The normalized spacial score (nSPS) is 10.1. The monoisotopic (exact) mass is 191 g/mol. The molecule has 0 saturated heterocycles. The van der Waals surface area contributed by atoms with E-state index in [-0.39, 0.29) is 6.01 Å². The summed E-state index contributed by atoms with van der Waals surface area (Å²) in [5.74, 6) is 1.26. The molecule has 0 fully saturated rings. The quantitative estimate of drug-likeness (QED) is 0.775. The van der Waals surface area contributed by atoms with Crippen LogP contribution in [0, 0.1) is 0 Å². The van der Waals surface area contributed by atoms with Gasteiger partial charge in [-0.25, -0.2) is 0 Å². The van der Waals surface area contributed by atoms with Crippen LogP contribution in [-0.4, -0.2) is 17.3 Å². The third-order valence-corrected chi connectivity index (χ3v) is 1.79. The molecule has 5 heteroatoms. The molecule has 1 aromatic heterocycles. The molecule has 0 aliphatic carbocycles. The zero-order chi connectivity index (χ0) is 9.97. The Bertz CT molecular complexity index is 422. The molecule has 5 nitrogen and oxygen atoms in total. The topological polar surface area (TPSA) is 74.2 Å². The maximum Gasteiger partial charge on any atom is 0.319 e. The number of hydrogen-bond donors (Lipinski definition) is 1. The maximum absolute atomic E-state index is 5.31. The van der Waals surface area contributed by atoms with Gasteiger partial charge in [0, 0.05) is 5.56 Å². The highest BCUT2D eigenvalue weighted by Gasteiger charge is 2.05. The van der Waals surface area contributed by atoms with Gasteiger partial charge >= 0.3 is 6.01 Å². The SMILES string of the molecule is COc1ccc(-c2noc(N)n2)cc1. The number of nitrogens with zero attached hydrogens (tertiary/aromatic N) is 2. The van der Waals surface area contributed by atoms with Gasteiger partial charge in [0.15, 0.2) is 0 Å². The molecule has 0 bridgehead atoms. The number of rotatable bonds is 2. The molecule has 0 saturated carbocycles. The molecule has 0 amide bonds. The van der Waals surface area contributed by atoms with Gasteiger partial charge in [-0.1, -0.05) is 5.16 Å². The summed E-state index contributed by atoms with van der Waals surface area (Å²) in [5, 5.41) is 3.69. The number of aromatic nitrogens is 2. The first kappa shape index (κ1) is 8.55. The first-order valence-electron chi connectivity index (χ1n) is 4.03. The molecule has 14 heavy (non-hydrogen) atoms. The molecule has 0 spiro atoms. The van der Waals surface area contributed by atoms with Crippen LogP contribution in [0.5, 0.6) is 5.75 Å². The fourth-order valence-corrected chi connectivity index (χ4v) is 1.09. The summed E-state index contributed by atoms with van der Waals surface area (Å²) in [6, 6.07) is 7.38. The van der Waals surface area contributed by atoms with E-state index in [2.05, 4.69) is 14.7 Å². The number of ether oxygens (including phenoxy) is 1. The van der Waals surface area contributed by atoms with Crippen LogP contribution in [0.4, 0.5) is 6.01 Å². The van der Waals surface area contributed by atoms with E-state index >= 15 is 0 Å². The predicted octanol–water partition coefficient (Wildman–Crippen LogP) is 1.33. The van der Waals surface area contributed by atoms with Gasteiger partial charge in [0.05, 0.1) is 7.11 Å². The first-order valence-corrected chi connectivity index (χ1v) is 4.03. The molecule has 2 rings (SSSR count). The molecule has 0 aliphatic rings. The standard InChI is InChI=1S/C9H9N3O2/c1-13-7-4-2-6(3-5-7)8-11-9(10)14-12-8/h2-5H,1H3,(H2,10,11,12). The first-order chi connectivity index (χ1) is 6.79. The second-order valence-electron chi connectivity index (χ2n) is 2.68. The number of hydrogen-bond acceptors (Lipinski definition) is 5. The Balaban J connectivity index is 2.33. The van der Waals surface area contributed by atoms with Gasteiger partial charge in [0.1, 0.15) is 5.75 Å². The summed E-state index contributed by atoms with van der Waals surface area (Å²) < 4.78 is 9.68. The highest BCUT2D eigenvalue weighted by molar-refractivity contribution is 5.56. The molecule has 2 N–H and O–H groups in total. The van der Waals surface area contributed by atoms with Crippen LogP contribution < -0.4 is 10.5 Å². The van der Waals surface area contributed by atoms with Crippen molar-refractivity contribution in [1.29, 1.82) is 0 Å². The molecule has 0 aliphatic heterocycles. The molecular weight excluding hydrogens is 182 g/mol. The Kier molecular flexibility index (Phi) is 2.06. The highest BCUT2D eigenvalue weighted by atomic mass is 16.5. The summed E-state index contributed by atoms with van der Waals surface area (Å²) in [6.45, 7) is 0. The third-order valence-electron chi connectivity index (χ3n) is 1.79. The average Bonchev–Trinajstić information content (AvgIpc) is 2.65. The largest absolute Gasteiger partial charge is 0.497 e. The van der Waals surface area contributed by atoms with Gasteiger partial charge in [0.2, 0.25) is 5.82 Å². The Labute approximate surface area is 80.5 Å². The maximum atomic E-state index is 5.31. The lowest BCUT2D eigenvalue weighted by Gasteiger charge is -1.98. The zero-order valence-corrected chi connectivity index (χ0v) is 7.60. The minimum absolute atomic E-state index is 0.0656. The number of anilines is 1. The van der Waals surface area contributed by atoms with Crippen LogP contribution >= 0.6 is 0 Å². The van der Waals surface area contributed by atoms with E-state index in [0.717, 1.165) is 11.3 Å². The summed E-state index contributed by atoms with van der Waals surface area (Å²) >= 11 is 0. The van der Waals surface area contributed by atoms with Crippen molar-refractivity contribution in [2.75, 3.05) is 12.8 Å². The van der Waals surface area contributed by atoms with E-state index in [1.807, 2.05) is 24.3 Å². The Morgan fingerprint density at radius 1 is 1.29 bits per heavy atom. The lowest BCUT2D eigenvalue weighted by molar-refractivity contribution is 0.415. The lowest BCUT2D eigenvalue weighted by Crippen LogP contribution is -1.85. The third kappa shape index (κ3) is 1.52. The van der Waals surface area contributed by atoms with E-state index in [0.29, 0.717) is 5.82 Å². The van der Waals surface area contributed by atoms with Crippen molar-refractivity contribution in [1.82, 2.24) is 10.1 Å². The van der Waals surface area contributed by atoms with Crippen molar-refractivity contribution in [2.24, 2.45) is 0 Å². The van der Waals surface area contributed by atoms with Crippen molar-refractivity contribution >= 4 is 6.01 Å². The zero-order valence-electron chi connectivity index (χ0n) is 7.60. The summed E-state index contributed by atoms with van der Waals surface area (Å²) in [6.07, 6.45) is 0. The molecule has 0 radical (unpaired) electrons. The summed E-state index contributed by atoms with van der Waals surface area (Å²) in [7, 11) is 1.61. The van der Waals surface area contributed by atoms with Crippen molar-refractivity contribution < 1.29 is 9.26 Å². The van der Waals surface area contributed by atoms with Crippen LogP contribution in [0.25, 0.3) is 11.4 Å². The van der Waals surface area contributed by atoms with Crippen molar-refractivity contribution in [3.05, 3.63) is 24.3 Å². The molecule has 1 aromatic carbocycles. The van der Waals surface area contributed by atoms with Gasteiger partial charge in [-0.05, 0) is 24.3 Å². The van der Waals surface area contributed by atoms with Crippen molar-refractivity contribution in [3.63, 3.8) is 0 Å². The van der Waals surface area contributed by atoms with Crippen LogP contribution in [0.1, 0.15) is 0 Å². The second-order valence-corrected chi connectivity index (χ2v) is 2.68. The van der Waals surface area contributed by atoms with Gasteiger partial charge in [-0.3, -0.25) is 0 Å². The van der Waals surface area contributed by atoms with Gasteiger partial charge < -0.3 is 15.0 Å². The van der Waals surface area contributed by atoms with Gasteiger partial charge in [0.25, 0.3) is 0 Å². The van der Waals surface area contributed by atoms with E-state index in [4.69, 9.17) is 10.5 Å². The average molecular weight is 191 g/mol. The number of nitrogen functional groups attached to an aromatic ring is 1. The second kappa shape index (κ2) is 3.37. The molecule has 0 unspecified atom stereocenters. The molecule has 1 heterocycles. The predicted molar refractivity (Wildman–Crippen MR) is 50.7 cm³/mol. The summed E-state index contributed by atoms with van der Waals surface area (Å²) in [4.78, 5) is 3.90. The van der Waals surface area contributed by atoms with E-state index in [1.54, 1.807) is 7.11 Å². The minimum atomic E-state index is 0.0656. The fraction of sp³-hybridized carbons (Fsp3) is 0.111. The smallest absolute Gasteiger partial charge is 0.319 e. The van der Waals surface area contributed by atoms with Crippen LogP contribution in [0.3, 0.4) is 0 Å². The van der Waals surface area contributed by atoms with E-state index in [9.17, 15) is 0 Å². The lowest BCUT2D eigenvalue weighted by atomic mass is 10.2. The Hall–Kier alpha value is -2.04. The fourth-order valence-electron chi connectivity index (χ4n) is 1.09. The molecule has 2 aromatic rings. The van der Waals surface area contributed by atoms with Crippen molar-refractivity contribution in [2.45, 2.75) is 0 Å². The van der Waals surface area contributed by atoms with Crippen LogP contribution in [0.2, 0.25) is 0 Å². The highest BCUT2D eigenvalue weighted by Crippen LogP contribution is 2.19. The molecular formula is C9H9N3O2. The number of benzene rings is 1.